The fourth-order valence-corrected chi connectivity index (χ4v) is 4.29. The smallest absolute Gasteiger partial charge is 0.488 e. The number of aliphatic hydroxyl groups is 1. The molecule has 0 aromatic heterocycles. The molecular weight excluding hydrogens is 583 g/mol. The molecule has 0 saturated heterocycles. The van der Waals surface area contributed by atoms with Crippen LogP contribution >= 0.6 is 0 Å². The van der Waals surface area contributed by atoms with Crippen LogP contribution in [-0.4, -0.2) is 42.8 Å². The summed E-state index contributed by atoms with van der Waals surface area (Å²) in [5, 5.41) is 10.6. The van der Waals surface area contributed by atoms with Gasteiger partial charge >= 0.3 is 18.9 Å². The van der Waals surface area contributed by atoms with Crippen molar-refractivity contribution in [3.63, 3.8) is 0 Å². The number of fused-ring (bicyclic) bond motifs is 1. The van der Waals surface area contributed by atoms with E-state index in [4.69, 9.17) is 4.74 Å². The van der Waals surface area contributed by atoms with Gasteiger partial charge in [-0.05, 0) is 55.3 Å². The van der Waals surface area contributed by atoms with E-state index in [1.54, 1.807) is 49.1 Å². The van der Waals surface area contributed by atoms with Crippen molar-refractivity contribution in [1.29, 1.82) is 0 Å². The molecule has 1 N–H and O–H groups in total. The molecule has 1 heterocycles. The van der Waals surface area contributed by atoms with Gasteiger partial charge in [0.2, 0.25) is 0 Å². The molecule has 1 atom stereocenters. The number of benzene rings is 3. The average Bonchev–Trinajstić information content (AvgIpc) is 2.93. The Balaban J connectivity index is 0.00000155. The first-order chi connectivity index (χ1) is 20.1. The van der Waals surface area contributed by atoms with Crippen molar-refractivity contribution in [3.8, 4) is 28.4 Å². The van der Waals surface area contributed by atoms with Crippen molar-refractivity contribution >= 4 is 5.69 Å². The van der Waals surface area contributed by atoms with Crippen molar-refractivity contribution in [2.75, 3.05) is 18.1 Å². The van der Waals surface area contributed by atoms with Crippen LogP contribution in [0.1, 0.15) is 53.1 Å². The van der Waals surface area contributed by atoms with Crippen LogP contribution in [-0.2, 0) is 0 Å². The zero-order valence-electron chi connectivity index (χ0n) is 24.7. The Labute approximate surface area is 246 Å². The van der Waals surface area contributed by atoms with Gasteiger partial charge in [0, 0.05) is 12.1 Å². The average molecular weight is 620 g/mol. The van der Waals surface area contributed by atoms with Gasteiger partial charge in [0.25, 0.3) is 0 Å². The van der Waals surface area contributed by atoms with Gasteiger partial charge in [0.1, 0.15) is 18.1 Å². The molecule has 0 aliphatic carbocycles. The summed E-state index contributed by atoms with van der Waals surface area (Å²) in [5.74, 6) is -0.585. The maximum Gasteiger partial charge on any atom is 0.573 e. The topological polar surface area (TPSA) is 51.2 Å². The molecule has 3 aromatic rings. The van der Waals surface area contributed by atoms with E-state index in [0.29, 0.717) is 28.1 Å². The number of rotatable bonds is 8. The Morgan fingerprint density at radius 3 is 2.02 bits per heavy atom. The van der Waals surface area contributed by atoms with Gasteiger partial charge in [-0.1, -0.05) is 64.1 Å². The summed E-state index contributed by atoms with van der Waals surface area (Å²) in [6.45, 7) is 11.1. The van der Waals surface area contributed by atoms with E-state index in [-0.39, 0.29) is 13.2 Å². The molecule has 12 heteroatoms. The predicted molar refractivity (Wildman–Crippen MR) is 151 cm³/mol. The van der Waals surface area contributed by atoms with Gasteiger partial charge in [-0.3, -0.25) is 0 Å². The van der Waals surface area contributed by atoms with Crippen LogP contribution in [0.5, 0.6) is 17.2 Å². The van der Waals surface area contributed by atoms with Gasteiger partial charge in [0.05, 0.1) is 17.3 Å². The fraction of sp³-hybridized carbons (Fsp3) is 0.419. The van der Waals surface area contributed by atoms with E-state index in [0.717, 1.165) is 12.1 Å². The van der Waals surface area contributed by atoms with E-state index in [1.165, 1.54) is 24.3 Å². The van der Waals surface area contributed by atoms with Crippen molar-refractivity contribution in [1.82, 2.24) is 0 Å². The lowest BCUT2D eigenvalue weighted by molar-refractivity contribution is -0.274. The summed E-state index contributed by atoms with van der Waals surface area (Å²) in [6.07, 6.45) is -13.6. The van der Waals surface area contributed by atoms with Gasteiger partial charge in [-0.2, -0.15) is 17.6 Å². The van der Waals surface area contributed by atoms with Crippen molar-refractivity contribution in [2.24, 2.45) is 0 Å². The first-order valence-corrected chi connectivity index (χ1v) is 13.7. The largest absolute Gasteiger partial charge is 0.573 e. The molecule has 4 rings (SSSR count). The first-order valence-electron chi connectivity index (χ1n) is 13.7. The number of anilines is 1. The SMILES string of the molecule is CC.CC.CC(C)(O)CN1c2cccc(-c3cccc(OC(F)(F)F)c3)c2OCC1c1cccc(OC(F)(F)C(F)F)c1. The van der Waals surface area contributed by atoms with E-state index < -0.39 is 42.0 Å². The number of hydrogen-bond donors (Lipinski definition) is 1. The van der Waals surface area contributed by atoms with Crippen LogP contribution in [0.3, 0.4) is 0 Å². The number of halogens is 7. The molecule has 0 amide bonds. The number of alkyl halides is 7. The lowest BCUT2D eigenvalue weighted by Gasteiger charge is -2.42. The molecule has 0 saturated carbocycles. The summed E-state index contributed by atoms with van der Waals surface area (Å²) in [5.41, 5.74) is 0.434. The third-order valence-corrected chi connectivity index (χ3v) is 5.75. The van der Waals surface area contributed by atoms with Gasteiger partial charge < -0.3 is 24.2 Å². The molecule has 238 valence electrons. The van der Waals surface area contributed by atoms with Gasteiger partial charge in [-0.25, -0.2) is 0 Å². The second-order valence-corrected chi connectivity index (χ2v) is 9.53. The van der Waals surface area contributed by atoms with Gasteiger partial charge in [0.15, 0.2) is 5.75 Å². The number of nitrogens with zero attached hydrogens (tertiary/aromatic N) is 1. The van der Waals surface area contributed by atoms with Gasteiger partial charge in [-0.15, -0.1) is 13.2 Å². The normalized spacial score (nSPS) is 14.9. The van der Waals surface area contributed by atoms with E-state index >= 15 is 0 Å². The minimum Gasteiger partial charge on any atom is -0.488 e. The maximum absolute atomic E-state index is 13.5. The summed E-state index contributed by atoms with van der Waals surface area (Å²) < 4.78 is 105. The highest BCUT2D eigenvalue weighted by Gasteiger charge is 2.44. The van der Waals surface area contributed by atoms with Crippen LogP contribution in [0.4, 0.5) is 36.4 Å². The summed E-state index contributed by atoms with van der Waals surface area (Å²) in [7, 11) is 0. The molecular formula is C31H36F7NO4. The summed E-state index contributed by atoms with van der Waals surface area (Å²) >= 11 is 0. The third-order valence-electron chi connectivity index (χ3n) is 5.75. The van der Waals surface area contributed by atoms with E-state index in [9.17, 15) is 35.8 Å². The van der Waals surface area contributed by atoms with Crippen molar-refractivity contribution in [3.05, 3.63) is 72.3 Å². The lowest BCUT2D eigenvalue weighted by Crippen LogP contribution is -2.45. The Hall–Kier alpha value is -3.67. The van der Waals surface area contributed by atoms with Crippen LogP contribution in [0.2, 0.25) is 0 Å². The number of para-hydroxylation sites is 1. The Morgan fingerprint density at radius 2 is 1.44 bits per heavy atom. The third kappa shape index (κ3) is 9.67. The maximum atomic E-state index is 13.5. The van der Waals surface area contributed by atoms with Crippen molar-refractivity contribution in [2.45, 2.75) is 72.1 Å². The number of β-amino-alcohol motifs (C(OH)–C–C–N with tert-alkyl or cyclic N) is 1. The molecule has 0 spiro atoms. The zero-order valence-corrected chi connectivity index (χ0v) is 24.7. The second kappa shape index (κ2) is 14.7. The van der Waals surface area contributed by atoms with Crippen LogP contribution < -0.4 is 19.1 Å². The summed E-state index contributed by atoms with van der Waals surface area (Å²) in [6, 6.07) is 14.9. The van der Waals surface area contributed by atoms with E-state index in [1.807, 2.05) is 27.7 Å². The molecule has 1 aliphatic rings. The number of ether oxygens (including phenoxy) is 3. The quantitative estimate of drug-likeness (QED) is 0.255. The summed E-state index contributed by atoms with van der Waals surface area (Å²) in [4.78, 5) is 1.75. The highest BCUT2D eigenvalue weighted by molar-refractivity contribution is 5.80. The Kier molecular flexibility index (Phi) is 12.1. The lowest BCUT2D eigenvalue weighted by atomic mass is 9.97. The highest BCUT2D eigenvalue weighted by atomic mass is 19.4. The molecule has 1 aliphatic heterocycles. The first kappa shape index (κ1) is 35.5. The molecule has 1 unspecified atom stereocenters. The van der Waals surface area contributed by atoms with E-state index in [2.05, 4.69) is 9.47 Å². The van der Waals surface area contributed by atoms with Crippen LogP contribution in [0.15, 0.2) is 66.7 Å². The Bertz CT molecular complexity index is 1310. The molecule has 43 heavy (non-hydrogen) atoms. The molecule has 0 radical (unpaired) electrons. The minimum atomic E-state index is -4.88. The van der Waals surface area contributed by atoms with Crippen LogP contribution in [0.25, 0.3) is 11.1 Å². The fourth-order valence-electron chi connectivity index (χ4n) is 4.29. The minimum absolute atomic E-state index is 0.0347. The highest BCUT2D eigenvalue weighted by Crippen LogP contribution is 2.46. The number of hydrogen-bond acceptors (Lipinski definition) is 5. The monoisotopic (exact) mass is 619 g/mol. The molecule has 5 nitrogen and oxygen atoms in total. The molecule has 0 fully saturated rings. The van der Waals surface area contributed by atoms with Crippen LogP contribution in [0, 0.1) is 0 Å². The molecule has 0 bridgehead atoms. The standard InChI is InChI=1S/C27H24F7NO4.2C2H6/c1-25(2,36)15-35-21-11-5-10-20(16-6-3-9-19(12-16)39-27(32,33)34)23(21)37-14-22(35)17-7-4-8-18(13-17)38-26(30,31)24(28)29;2*1-2/h3-13,22,24,36H,14-15H2,1-2H3;2*1-2H3. The van der Waals surface area contributed by atoms with Crippen molar-refractivity contribution < 1.29 is 50.1 Å². The molecule has 3 aromatic carbocycles. The Morgan fingerprint density at radius 1 is 0.860 bits per heavy atom. The second-order valence-electron chi connectivity index (χ2n) is 9.53. The zero-order chi connectivity index (χ0) is 32.6. The predicted octanol–water partition coefficient (Wildman–Crippen LogP) is 9.25.